The van der Waals surface area contributed by atoms with Crippen LogP contribution in [0, 0.1) is 0 Å². The Bertz CT molecular complexity index is 512. The summed E-state index contributed by atoms with van der Waals surface area (Å²) in [6, 6.07) is 1.94. The Morgan fingerprint density at radius 3 is 2.84 bits per heavy atom. The van der Waals surface area contributed by atoms with Gasteiger partial charge in [0.25, 0.3) is 0 Å². The SMILES string of the molecule is CCCc1nc(N)cc(NC(CC)c2nccs2)n1. The van der Waals surface area contributed by atoms with Crippen LogP contribution in [0.1, 0.15) is 43.6 Å². The third kappa shape index (κ3) is 3.64. The normalized spacial score (nSPS) is 12.3. The molecule has 6 heteroatoms. The molecule has 5 nitrogen and oxygen atoms in total. The summed E-state index contributed by atoms with van der Waals surface area (Å²) in [7, 11) is 0. The molecule has 0 fully saturated rings. The van der Waals surface area contributed by atoms with E-state index in [0.717, 1.165) is 35.9 Å². The maximum atomic E-state index is 5.82. The summed E-state index contributed by atoms with van der Waals surface area (Å²) in [5.74, 6) is 2.08. The second-order valence-electron chi connectivity index (χ2n) is 4.32. The maximum Gasteiger partial charge on any atom is 0.133 e. The van der Waals surface area contributed by atoms with E-state index < -0.39 is 0 Å². The highest BCUT2D eigenvalue weighted by Crippen LogP contribution is 2.23. The van der Waals surface area contributed by atoms with Crippen LogP contribution in [0.15, 0.2) is 17.6 Å². The third-order valence-electron chi connectivity index (χ3n) is 2.75. The standard InChI is InChI=1S/C13H19N5S/c1-3-5-11-17-10(14)8-12(18-11)16-9(4-2)13-15-6-7-19-13/h6-9H,3-5H2,1-2H3,(H3,14,16,17,18). The van der Waals surface area contributed by atoms with Crippen molar-refractivity contribution < 1.29 is 0 Å². The number of thiazole rings is 1. The van der Waals surface area contributed by atoms with Crippen LogP contribution in [-0.2, 0) is 6.42 Å². The van der Waals surface area contributed by atoms with Crippen molar-refractivity contribution in [3.8, 4) is 0 Å². The summed E-state index contributed by atoms with van der Waals surface area (Å²) in [6.45, 7) is 4.22. The third-order valence-corrected chi connectivity index (χ3v) is 3.63. The van der Waals surface area contributed by atoms with Crippen LogP contribution in [0.4, 0.5) is 11.6 Å². The highest BCUT2D eigenvalue weighted by Gasteiger charge is 2.13. The van der Waals surface area contributed by atoms with Crippen molar-refractivity contribution in [2.75, 3.05) is 11.1 Å². The molecule has 2 rings (SSSR count). The minimum absolute atomic E-state index is 0.170. The summed E-state index contributed by atoms with van der Waals surface area (Å²) in [4.78, 5) is 13.1. The average molecular weight is 277 g/mol. The number of aryl methyl sites for hydroxylation is 1. The van der Waals surface area contributed by atoms with Crippen molar-refractivity contribution in [2.45, 2.75) is 39.2 Å². The predicted octanol–water partition coefficient (Wildman–Crippen LogP) is 3.03. The molecular weight excluding hydrogens is 258 g/mol. The number of anilines is 2. The van der Waals surface area contributed by atoms with Gasteiger partial charge < -0.3 is 11.1 Å². The molecule has 3 N–H and O–H groups in total. The topological polar surface area (TPSA) is 76.7 Å². The van der Waals surface area contributed by atoms with Crippen molar-refractivity contribution in [1.29, 1.82) is 0 Å². The lowest BCUT2D eigenvalue weighted by atomic mass is 10.2. The molecule has 0 spiro atoms. The van der Waals surface area contributed by atoms with E-state index >= 15 is 0 Å². The smallest absolute Gasteiger partial charge is 0.133 e. The number of aromatic nitrogens is 3. The molecule has 0 saturated carbocycles. The van der Waals surface area contributed by atoms with Crippen LogP contribution < -0.4 is 11.1 Å². The first-order valence-corrected chi connectivity index (χ1v) is 7.40. The summed E-state index contributed by atoms with van der Waals surface area (Å²) in [5, 5.41) is 6.44. The summed E-state index contributed by atoms with van der Waals surface area (Å²) < 4.78 is 0. The van der Waals surface area contributed by atoms with Crippen molar-refractivity contribution in [1.82, 2.24) is 15.0 Å². The lowest BCUT2D eigenvalue weighted by molar-refractivity contribution is 0.732. The maximum absolute atomic E-state index is 5.82. The van der Waals surface area contributed by atoms with Crippen molar-refractivity contribution in [2.24, 2.45) is 0 Å². The van der Waals surface area contributed by atoms with Gasteiger partial charge in [-0.25, -0.2) is 15.0 Å². The van der Waals surface area contributed by atoms with Gasteiger partial charge in [-0.05, 0) is 12.8 Å². The lowest BCUT2D eigenvalue weighted by Crippen LogP contribution is -2.12. The van der Waals surface area contributed by atoms with E-state index in [0.29, 0.717) is 5.82 Å². The Kier molecular flexibility index (Phi) is 4.68. The molecule has 0 aromatic carbocycles. The van der Waals surface area contributed by atoms with Gasteiger partial charge in [-0.1, -0.05) is 13.8 Å². The first-order valence-electron chi connectivity index (χ1n) is 6.52. The molecule has 0 amide bonds. The minimum atomic E-state index is 0.170. The monoisotopic (exact) mass is 277 g/mol. The van der Waals surface area contributed by atoms with E-state index in [1.54, 1.807) is 17.4 Å². The van der Waals surface area contributed by atoms with Crippen LogP contribution in [0.25, 0.3) is 0 Å². The summed E-state index contributed by atoms with van der Waals surface area (Å²) >= 11 is 1.65. The fraction of sp³-hybridized carbons (Fsp3) is 0.462. The van der Waals surface area contributed by atoms with Gasteiger partial charge in [-0.3, -0.25) is 0 Å². The molecule has 19 heavy (non-hydrogen) atoms. The molecule has 0 saturated heterocycles. The van der Waals surface area contributed by atoms with Crippen molar-refractivity contribution in [3.05, 3.63) is 28.5 Å². The Morgan fingerprint density at radius 1 is 1.37 bits per heavy atom. The van der Waals surface area contributed by atoms with E-state index in [-0.39, 0.29) is 6.04 Å². The fourth-order valence-corrected chi connectivity index (χ4v) is 2.62. The van der Waals surface area contributed by atoms with Crippen molar-refractivity contribution >= 4 is 23.0 Å². The van der Waals surface area contributed by atoms with Gasteiger partial charge in [0, 0.05) is 24.1 Å². The lowest BCUT2D eigenvalue weighted by Gasteiger charge is -2.15. The number of nitrogen functional groups attached to an aromatic ring is 1. The number of hydrogen-bond donors (Lipinski definition) is 2. The summed E-state index contributed by atoms with van der Waals surface area (Å²) in [5.41, 5.74) is 5.82. The highest BCUT2D eigenvalue weighted by atomic mass is 32.1. The van der Waals surface area contributed by atoms with E-state index in [2.05, 4.69) is 34.1 Å². The first-order chi connectivity index (χ1) is 9.22. The molecule has 0 radical (unpaired) electrons. The molecule has 2 heterocycles. The quantitative estimate of drug-likeness (QED) is 0.848. The van der Waals surface area contributed by atoms with Crippen LogP contribution >= 0.6 is 11.3 Å². The Balaban J connectivity index is 2.17. The first kappa shape index (κ1) is 13.7. The number of nitrogens with one attached hydrogen (secondary N) is 1. The molecular formula is C13H19N5S. The van der Waals surface area contributed by atoms with E-state index in [4.69, 9.17) is 5.73 Å². The second-order valence-corrected chi connectivity index (χ2v) is 5.25. The van der Waals surface area contributed by atoms with Gasteiger partial charge in [0.1, 0.15) is 22.5 Å². The Labute approximate surface area is 117 Å². The van der Waals surface area contributed by atoms with Gasteiger partial charge in [0.15, 0.2) is 0 Å². The number of rotatable bonds is 6. The second kappa shape index (κ2) is 6.47. The zero-order valence-corrected chi connectivity index (χ0v) is 12.1. The van der Waals surface area contributed by atoms with Crippen molar-refractivity contribution in [3.63, 3.8) is 0 Å². The highest BCUT2D eigenvalue weighted by molar-refractivity contribution is 7.09. The van der Waals surface area contributed by atoms with Gasteiger partial charge in [0.2, 0.25) is 0 Å². The molecule has 2 aromatic rings. The zero-order chi connectivity index (χ0) is 13.7. The number of nitrogens with zero attached hydrogens (tertiary/aromatic N) is 3. The van der Waals surface area contributed by atoms with Crippen LogP contribution in [0.2, 0.25) is 0 Å². The zero-order valence-electron chi connectivity index (χ0n) is 11.3. The number of nitrogens with two attached hydrogens (primary N) is 1. The number of hydrogen-bond acceptors (Lipinski definition) is 6. The molecule has 1 atom stereocenters. The van der Waals surface area contributed by atoms with Gasteiger partial charge in [-0.15, -0.1) is 11.3 Å². The van der Waals surface area contributed by atoms with Crippen LogP contribution in [0.3, 0.4) is 0 Å². The van der Waals surface area contributed by atoms with E-state index in [1.807, 2.05) is 11.6 Å². The Hall–Kier alpha value is -1.69. The van der Waals surface area contributed by atoms with E-state index in [9.17, 15) is 0 Å². The largest absolute Gasteiger partial charge is 0.384 e. The molecule has 0 aliphatic rings. The molecule has 0 aliphatic carbocycles. The summed E-state index contributed by atoms with van der Waals surface area (Å²) in [6.07, 6.45) is 4.61. The minimum Gasteiger partial charge on any atom is -0.384 e. The average Bonchev–Trinajstić information content (AvgIpc) is 2.89. The van der Waals surface area contributed by atoms with Gasteiger partial charge >= 0.3 is 0 Å². The molecule has 102 valence electrons. The predicted molar refractivity (Wildman–Crippen MR) is 79.2 cm³/mol. The van der Waals surface area contributed by atoms with Crippen LogP contribution in [-0.4, -0.2) is 15.0 Å². The van der Waals surface area contributed by atoms with Gasteiger partial charge in [0.05, 0.1) is 6.04 Å². The Morgan fingerprint density at radius 2 is 2.21 bits per heavy atom. The molecule has 0 aliphatic heterocycles. The molecule has 2 aromatic heterocycles. The van der Waals surface area contributed by atoms with Crippen LogP contribution in [0.5, 0.6) is 0 Å². The molecule has 1 unspecified atom stereocenters. The fourth-order valence-electron chi connectivity index (χ4n) is 1.85. The molecule has 0 bridgehead atoms. The van der Waals surface area contributed by atoms with Gasteiger partial charge in [-0.2, -0.15) is 0 Å². The van der Waals surface area contributed by atoms with E-state index in [1.165, 1.54) is 0 Å².